The molecule has 114 valence electrons. The SMILES string of the molecule is CNCc1ccc2nc(CCCc3ccc(C)cc3)oc2c1. The summed E-state index contributed by atoms with van der Waals surface area (Å²) in [6, 6.07) is 14.9. The first kappa shape index (κ1) is 14.8. The number of nitrogens with zero attached hydrogens (tertiary/aromatic N) is 1. The van der Waals surface area contributed by atoms with Crippen molar-refractivity contribution in [2.75, 3.05) is 7.05 Å². The molecule has 0 atom stereocenters. The number of nitrogens with one attached hydrogen (secondary N) is 1. The second kappa shape index (κ2) is 6.75. The molecule has 0 unspecified atom stereocenters. The third kappa shape index (κ3) is 3.55. The highest BCUT2D eigenvalue weighted by molar-refractivity contribution is 5.73. The first-order valence-electron chi connectivity index (χ1n) is 7.83. The number of fused-ring (bicyclic) bond motifs is 1. The number of aromatic nitrogens is 1. The molecule has 1 N–H and O–H groups in total. The zero-order valence-corrected chi connectivity index (χ0v) is 13.2. The van der Waals surface area contributed by atoms with Crippen LogP contribution in [0.5, 0.6) is 0 Å². The number of hydrogen-bond acceptors (Lipinski definition) is 3. The van der Waals surface area contributed by atoms with Crippen LogP contribution in [-0.2, 0) is 19.4 Å². The van der Waals surface area contributed by atoms with Crippen LogP contribution >= 0.6 is 0 Å². The molecule has 0 bridgehead atoms. The Morgan fingerprint density at radius 2 is 1.77 bits per heavy atom. The summed E-state index contributed by atoms with van der Waals surface area (Å²) in [5.74, 6) is 0.837. The Labute approximate surface area is 131 Å². The Bertz CT molecular complexity index is 744. The topological polar surface area (TPSA) is 38.1 Å². The average molecular weight is 294 g/mol. The van der Waals surface area contributed by atoms with E-state index in [1.54, 1.807) is 0 Å². The van der Waals surface area contributed by atoms with Crippen LogP contribution in [0.25, 0.3) is 11.1 Å². The first-order chi connectivity index (χ1) is 10.7. The quantitative estimate of drug-likeness (QED) is 0.746. The molecule has 22 heavy (non-hydrogen) atoms. The van der Waals surface area contributed by atoms with E-state index in [4.69, 9.17) is 4.42 Å². The zero-order valence-electron chi connectivity index (χ0n) is 13.2. The lowest BCUT2D eigenvalue weighted by molar-refractivity contribution is 0.519. The van der Waals surface area contributed by atoms with Crippen LogP contribution in [0.4, 0.5) is 0 Å². The minimum absolute atomic E-state index is 0.837. The third-order valence-corrected chi connectivity index (χ3v) is 3.85. The van der Waals surface area contributed by atoms with Gasteiger partial charge in [-0.15, -0.1) is 0 Å². The number of rotatable bonds is 6. The molecule has 3 heteroatoms. The molecule has 0 amide bonds. The van der Waals surface area contributed by atoms with Crippen molar-refractivity contribution in [2.45, 2.75) is 32.7 Å². The van der Waals surface area contributed by atoms with Gasteiger partial charge >= 0.3 is 0 Å². The van der Waals surface area contributed by atoms with Gasteiger partial charge in [0.2, 0.25) is 0 Å². The molecule has 0 fully saturated rings. The minimum Gasteiger partial charge on any atom is -0.441 e. The molecule has 1 heterocycles. The highest BCUT2D eigenvalue weighted by atomic mass is 16.3. The smallest absolute Gasteiger partial charge is 0.195 e. The van der Waals surface area contributed by atoms with E-state index in [1.165, 1.54) is 16.7 Å². The summed E-state index contributed by atoms with van der Waals surface area (Å²) in [6.07, 6.45) is 2.99. The monoisotopic (exact) mass is 294 g/mol. The van der Waals surface area contributed by atoms with Crippen molar-refractivity contribution >= 4 is 11.1 Å². The Morgan fingerprint density at radius 1 is 1.00 bits per heavy atom. The Morgan fingerprint density at radius 3 is 2.55 bits per heavy atom. The van der Waals surface area contributed by atoms with E-state index in [0.29, 0.717) is 0 Å². The number of oxazole rings is 1. The third-order valence-electron chi connectivity index (χ3n) is 3.85. The van der Waals surface area contributed by atoms with Crippen molar-refractivity contribution in [3.63, 3.8) is 0 Å². The molecule has 1 aromatic heterocycles. The van der Waals surface area contributed by atoms with Crippen molar-refractivity contribution in [2.24, 2.45) is 0 Å². The van der Waals surface area contributed by atoms with Crippen LogP contribution in [0.15, 0.2) is 46.9 Å². The van der Waals surface area contributed by atoms with Crippen molar-refractivity contribution in [3.05, 3.63) is 65.0 Å². The van der Waals surface area contributed by atoms with Crippen LogP contribution in [0.2, 0.25) is 0 Å². The van der Waals surface area contributed by atoms with Crippen molar-refractivity contribution in [1.29, 1.82) is 0 Å². The minimum atomic E-state index is 0.837. The summed E-state index contributed by atoms with van der Waals surface area (Å²) < 4.78 is 5.87. The molecule has 3 aromatic rings. The Hall–Kier alpha value is -2.13. The zero-order chi connectivity index (χ0) is 15.4. The van der Waals surface area contributed by atoms with Gasteiger partial charge in [0.15, 0.2) is 11.5 Å². The second-order valence-electron chi connectivity index (χ2n) is 5.78. The predicted octanol–water partition coefficient (Wildman–Crippen LogP) is 4.03. The normalized spacial score (nSPS) is 11.2. The molecule has 0 saturated heterocycles. The van der Waals surface area contributed by atoms with Gasteiger partial charge in [-0.3, -0.25) is 0 Å². The maximum atomic E-state index is 5.87. The van der Waals surface area contributed by atoms with E-state index in [1.807, 2.05) is 13.1 Å². The molecule has 2 aromatic carbocycles. The second-order valence-corrected chi connectivity index (χ2v) is 5.78. The van der Waals surface area contributed by atoms with Crippen molar-refractivity contribution < 1.29 is 4.42 Å². The van der Waals surface area contributed by atoms with Gasteiger partial charge in [-0.2, -0.15) is 0 Å². The molecular weight excluding hydrogens is 272 g/mol. The Balaban J connectivity index is 1.62. The molecule has 0 aliphatic rings. The lowest BCUT2D eigenvalue weighted by Gasteiger charge is -2.00. The maximum Gasteiger partial charge on any atom is 0.195 e. The van der Waals surface area contributed by atoms with Gasteiger partial charge in [-0.05, 0) is 50.1 Å². The van der Waals surface area contributed by atoms with Crippen LogP contribution in [0, 0.1) is 6.92 Å². The lowest BCUT2D eigenvalue weighted by atomic mass is 10.1. The number of benzene rings is 2. The Kier molecular flexibility index (Phi) is 4.54. The van der Waals surface area contributed by atoms with Gasteiger partial charge in [0, 0.05) is 13.0 Å². The molecule has 0 saturated carbocycles. The summed E-state index contributed by atoms with van der Waals surface area (Å²) in [5, 5.41) is 3.15. The molecule has 3 nitrogen and oxygen atoms in total. The van der Waals surface area contributed by atoms with Gasteiger partial charge in [-0.1, -0.05) is 35.9 Å². The van der Waals surface area contributed by atoms with Gasteiger partial charge in [0.25, 0.3) is 0 Å². The van der Waals surface area contributed by atoms with E-state index < -0.39 is 0 Å². The molecule has 0 aliphatic heterocycles. The summed E-state index contributed by atoms with van der Waals surface area (Å²) in [5.41, 5.74) is 5.73. The molecule has 0 radical (unpaired) electrons. The largest absolute Gasteiger partial charge is 0.441 e. The van der Waals surface area contributed by atoms with Crippen LogP contribution in [-0.4, -0.2) is 12.0 Å². The average Bonchev–Trinajstić information content (AvgIpc) is 2.91. The highest BCUT2D eigenvalue weighted by Gasteiger charge is 2.06. The molecule has 0 spiro atoms. The van der Waals surface area contributed by atoms with Crippen LogP contribution < -0.4 is 5.32 Å². The number of aryl methyl sites for hydroxylation is 3. The van der Waals surface area contributed by atoms with E-state index in [2.05, 4.69) is 53.6 Å². The predicted molar refractivity (Wildman–Crippen MR) is 90.0 cm³/mol. The molecule has 0 aliphatic carbocycles. The van der Waals surface area contributed by atoms with E-state index in [0.717, 1.165) is 42.8 Å². The summed E-state index contributed by atoms with van der Waals surface area (Å²) in [7, 11) is 1.95. The van der Waals surface area contributed by atoms with Crippen molar-refractivity contribution in [3.8, 4) is 0 Å². The van der Waals surface area contributed by atoms with Crippen molar-refractivity contribution in [1.82, 2.24) is 10.3 Å². The van der Waals surface area contributed by atoms with Gasteiger partial charge in [0.05, 0.1) is 0 Å². The highest BCUT2D eigenvalue weighted by Crippen LogP contribution is 2.19. The summed E-state index contributed by atoms with van der Waals surface area (Å²) in [4.78, 5) is 4.57. The maximum absolute atomic E-state index is 5.87. The van der Waals surface area contributed by atoms with E-state index in [-0.39, 0.29) is 0 Å². The lowest BCUT2D eigenvalue weighted by Crippen LogP contribution is -2.04. The van der Waals surface area contributed by atoms with Gasteiger partial charge < -0.3 is 9.73 Å². The van der Waals surface area contributed by atoms with E-state index in [9.17, 15) is 0 Å². The van der Waals surface area contributed by atoms with E-state index >= 15 is 0 Å². The molecule has 3 rings (SSSR count). The first-order valence-corrected chi connectivity index (χ1v) is 7.83. The number of hydrogen-bond donors (Lipinski definition) is 1. The van der Waals surface area contributed by atoms with Crippen LogP contribution in [0.3, 0.4) is 0 Å². The fraction of sp³-hybridized carbons (Fsp3) is 0.316. The van der Waals surface area contributed by atoms with Gasteiger partial charge in [0.1, 0.15) is 5.52 Å². The summed E-state index contributed by atoms with van der Waals surface area (Å²) >= 11 is 0. The fourth-order valence-electron chi connectivity index (χ4n) is 2.64. The fourth-order valence-corrected chi connectivity index (χ4v) is 2.64. The van der Waals surface area contributed by atoms with Gasteiger partial charge in [-0.25, -0.2) is 4.98 Å². The van der Waals surface area contributed by atoms with Crippen LogP contribution in [0.1, 0.15) is 29.0 Å². The standard InChI is InChI=1S/C19H22N2O/c1-14-6-8-15(9-7-14)4-3-5-19-21-17-11-10-16(13-20-2)12-18(17)22-19/h6-12,20H,3-5,13H2,1-2H3. The molecular formula is C19H22N2O. The summed E-state index contributed by atoms with van der Waals surface area (Å²) in [6.45, 7) is 2.96.